The Morgan fingerprint density at radius 1 is 0.385 bits per heavy atom. The van der Waals surface area contributed by atoms with Gasteiger partial charge in [-0.05, 0) is 286 Å². The van der Waals surface area contributed by atoms with Crippen molar-refractivity contribution in [3.05, 3.63) is 368 Å². The van der Waals surface area contributed by atoms with Gasteiger partial charge < -0.3 is 0 Å². The maximum atomic E-state index is 4.11. The molecule has 12 aromatic carbocycles. The zero-order valence-corrected chi connectivity index (χ0v) is 56.6. The Balaban J connectivity index is 0.000000205. The molecule has 0 N–H and O–H groups in total. The third-order valence-corrected chi connectivity index (χ3v) is 16.6. The highest BCUT2D eigenvalue weighted by Gasteiger charge is 2.07. The van der Waals surface area contributed by atoms with E-state index in [-0.39, 0.29) is 0 Å². The molecule has 0 atom stereocenters. The van der Waals surface area contributed by atoms with E-state index in [2.05, 4.69) is 326 Å². The van der Waals surface area contributed by atoms with Gasteiger partial charge in [-0.15, -0.1) is 0 Å². The Morgan fingerprint density at radius 3 is 1.14 bits per heavy atom. The number of benzene rings is 12. The quantitative estimate of drug-likeness (QED) is 0.0674. The summed E-state index contributed by atoms with van der Waals surface area (Å²) >= 11 is 0. The molecule has 0 radical (unpaired) electrons. The zero-order valence-electron chi connectivity index (χ0n) is 56.6. The van der Waals surface area contributed by atoms with Crippen molar-refractivity contribution < 1.29 is 0 Å². The van der Waals surface area contributed by atoms with E-state index in [1.54, 1.807) is 0 Å². The van der Waals surface area contributed by atoms with E-state index < -0.39 is 0 Å². The summed E-state index contributed by atoms with van der Waals surface area (Å²) in [6.07, 6.45) is 20.5. The van der Waals surface area contributed by atoms with Crippen molar-refractivity contribution in [1.29, 1.82) is 0 Å². The van der Waals surface area contributed by atoms with Crippen LogP contribution in [0.3, 0.4) is 0 Å². The summed E-state index contributed by atoms with van der Waals surface area (Å²) in [5.74, 6) is 25.9. The summed E-state index contributed by atoms with van der Waals surface area (Å²) < 4.78 is 0. The average Bonchev–Trinajstić information content (AvgIpc) is 0.795. The number of fused-ring (bicyclic) bond motifs is 6. The molecule has 0 saturated heterocycles. The molecule has 13 rings (SSSR count). The van der Waals surface area contributed by atoms with Crippen LogP contribution in [0.25, 0.3) is 89.4 Å². The Labute approximate surface area is 569 Å². The number of allylic oxidation sites excluding steroid dienone is 11. The van der Waals surface area contributed by atoms with Crippen LogP contribution >= 0.6 is 0 Å². The summed E-state index contributed by atoms with van der Waals surface area (Å²) in [6, 6.07) is 76.0. The van der Waals surface area contributed by atoms with Crippen LogP contribution in [0, 0.1) is 68.1 Å². The topological polar surface area (TPSA) is 0 Å². The molecule has 0 fully saturated rings. The van der Waals surface area contributed by atoms with Gasteiger partial charge in [0.1, 0.15) is 0 Å². The summed E-state index contributed by atoms with van der Waals surface area (Å²) in [7, 11) is 0. The maximum absolute atomic E-state index is 4.11. The smallest absolute Gasteiger partial charge is 0.0255 e. The molecule has 96 heavy (non-hydrogen) atoms. The fourth-order valence-electron chi connectivity index (χ4n) is 11.0. The van der Waals surface area contributed by atoms with Crippen LogP contribution in [-0.4, -0.2) is 0 Å². The lowest BCUT2D eigenvalue weighted by molar-refractivity contribution is 0.960. The van der Waals surface area contributed by atoms with Gasteiger partial charge in [0.2, 0.25) is 0 Å². The third-order valence-electron chi connectivity index (χ3n) is 16.6. The molecule has 1 aliphatic carbocycles. The minimum Gasteiger partial charge on any atom is -0.0988 e. The average molecular weight is 1230 g/mol. The van der Waals surface area contributed by atoms with Crippen LogP contribution in [0.4, 0.5) is 0 Å². The number of aryl methyl sites for hydroxylation is 3. The first kappa shape index (κ1) is 67.0. The Bertz CT molecular complexity index is 5310. The molecule has 0 aliphatic heterocycles. The second kappa shape index (κ2) is 32.1. The lowest BCUT2D eigenvalue weighted by Crippen LogP contribution is -2.22. The zero-order chi connectivity index (χ0) is 67.5. The highest BCUT2D eigenvalue weighted by atomic mass is 14.1. The molecular weight excluding hydrogens is 1150 g/mol. The van der Waals surface area contributed by atoms with Crippen molar-refractivity contribution in [2.24, 2.45) is 0 Å². The van der Waals surface area contributed by atoms with Crippen molar-refractivity contribution in [3.8, 4) is 47.4 Å². The normalized spacial score (nSPS) is 11.9. The van der Waals surface area contributed by atoms with Gasteiger partial charge in [0.25, 0.3) is 0 Å². The Hall–Kier alpha value is -11.9. The molecule has 0 amide bonds. The molecule has 0 unspecified atom stereocenters. The first-order valence-corrected chi connectivity index (χ1v) is 32.9. The molecule has 0 spiro atoms. The van der Waals surface area contributed by atoms with Crippen LogP contribution in [0.1, 0.15) is 109 Å². The van der Waals surface area contributed by atoms with Crippen LogP contribution in [0.2, 0.25) is 0 Å². The SMILES string of the molecule is C=CC1=CC=C(C#CC(=C)/C=C\C(=C)C)CC1.C=c1cc(C#Cc2ccc(C)cc2)cc/c1=C/C(C)=C/C.CC.Cc1ccc(C#Cc2ccc3cc4cc5cc(/C=C/c6ccc7cc8cc9cc(C#Cc%10ccc(C)cc%10)ccc9cc8cc7c6)ccc5cc4cc3c2)cc1. The molecule has 0 nitrogen and oxygen atoms in total. The lowest BCUT2D eigenvalue weighted by Gasteiger charge is -2.07. The van der Waals surface area contributed by atoms with Gasteiger partial charge in [0, 0.05) is 44.5 Å². The number of hydrogen-bond donors (Lipinski definition) is 0. The summed E-state index contributed by atoms with van der Waals surface area (Å²) in [5.41, 5.74) is 17.7. The second-order valence-corrected chi connectivity index (χ2v) is 24.3. The maximum Gasteiger partial charge on any atom is 0.0255 e. The van der Waals surface area contributed by atoms with Gasteiger partial charge in [-0.1, -0.05) is 243 Å². The molecule has 0 saturated carbocycles. The first-order chi connectivity index (χ1) is 46.6. The van der Waals surface area contributed by atoms with Gasteiger partial charge in [-0.2, -0.15) is 0 Å². The van der Waals surface area contributed by atoms with Crippen LogP contribution in [0.5, 0.6) is 0 Å². The van der Waals surface area contributed by atoms with E-state index >= 15 is 0 Å². The van der Waals surface area contributed by atoms with Gasteiger partial charge in [0.15, 0.2) is 0 Å². The highest BCUT2D eigenvalue weighted by Crippen LogP contribution is 2.32. The van der Waals surface area contributed by atoms with E-state index in [0.717, 1.165) is 73.4 Å². The molecule has 464 valence electrons. The van der Waals surface area contributed by atoms with Gasteiger partial charge in [-0.3, -0.25) is 0 Å². The van der Waals surface area contributed by atoms with Crippen LogP contribution < -0.4 is 10.4 Å². The van der Waals surface area contributed by atoms with Crippen molar-refractivity contribution in [2.45, 2.75) is 68.2 Å². The molecule has 0 heteroatoms. The molecule has 1 aliphatic rings. The Kier molecular flexibility index (Phi) is 22.4. The molecule has 0 heterocycles. The molecule has 12 aromatic rings. The monoisotopic (exact) mass is 1230 g/mol. The largest absolute Gasteiger partial charge is 0.0988 e. The van der Waals surface area contributed by atoms with Crippen LogP contribution in [-0.2, 0) is 0 Å². The molecule has 0 aromatic heterocycles. The van der Waals surface area contributed by atoms with E-state index in [1.165, 1.54) is 104 Å². The predicted molar refractivity (Wildman–Crippen MR) is 421 cm³/mol. The fourth-order valence-corrected chi connectivity index (χ4v) is 11.0. The summed E-state index contributed by atoms with van der Waals surface area (Å²) in [5, 5.41) is 16.9. The van der Waals surface area contributed by atoms with Crippen LogP contribution in [0.15, 0.2) is 296 Å². The van der Waals surface area contributed by atoms with E-state index in [0.29, 0.717) is 0 Å². The molecular formula is C96H80. The lowest BCUT2D eigenvalue weighted by atomic mass is 9.97. The van der Waals surface area contributed by atoms with Crippen molar-refractivity contribution in [1.82, 2.24) is 0 Å². The molecule has 0 bridgehead atoms. The van der Waals surface area contributed by atoms with E-state index in [4.69, 9.17) is 0 Å². The minimum atomic E-state index is 0.812. The fraction of sp³-hybridized carbons (Fsp3) is 0.104. The number of rotatable bonds is 6. The predicted octanol–water partition coefficient (Wildman–Crippen LogP) is 23.3. The van der Waals surface area contributed by atoms with E-state index in [9.17, 15) is 0 Å². The number of hydrogen-bond acceptors (Lipinski definition) is 0. The Morgan fingerprint density at radius 2 is 0.750 bits per heavy atom. The minimum absolute atomic E-state index is 0.812. The van der Waals surface area contributed by atoms with Gasteiger partial charge in [-0.25, -0.2) is 0 Å². The van der Waals surface area contributed by atoms with Crippen molar-refractivity contribution in [2.75, 3.05) is 0 Å². The summed E-state index contributed by atoms with van der Waals surface area (Å²) in [6.45, 7) is 31.9. The van der Waals surface area contributed by atoms with Crippen molar-refractivity contribution in [3.63, 3.8) is 0 Å². The standard InChI is InChI=1S/C56H36.C21H20.C17H18.C2H6/c1-37-3-7-39(8-4-37)11-13-41-17-21-45-29-55-35-51-27-43(19-23-47(51)31-53(55)33-49(45)25-41)15-16-44-20-24-48-32-54-34-50-26-42(14-12-40-9-5-38(2)6-10-40)18-22-46(50)30-56(54)36-52(48)28-44;1-5-16(2)14-21-13-12-20(15-18(21)4)11-10-19-8-6-17(3)7-9-19;1-5-16-10-12-17(13-11-16)9-8-15(4)7-6-14(2)3;1-2/h3-10,15-36H,1-2H3;5-9,12-15H,4H2,1-3H3;5-7,10,12H,1-2,4,11,13H2,3H3;1-2H3/b16-15+;16-5+,21-14-;7-6-;. The first-order valence-electron chi connectivity index (χ1n) is 32.9. The second-order valence-electron chi connectivity index (χ2n) is 24.3. The van der Waals surface area contributed by atoms with E-state index in [1.807, 2.05) is 70.2 Å². The van der Waals surface area contributed by atoms with Crippen molar-refractivity contribution >= 4 is 89.4 Å². The van der Waals surface area contributed by atoms with Gasteiger partial charge >= 0.3 is 0 Å². The third kappa shape index (κ3) is 18.4. The highest BCUT2D eigenvalue weighted by molar-refractivity contribution is 6.07. The summed E-state index contributed by atoms with van der Waals surface area (Å²) in [4.78, 5) is 0. The van der Waals surface area contributed by atoms with Gasteiger partial charge in [0.05, 0.1) is 0 Å².